The van der Waals surface area contributed by atoms with Gasteiger partial charge in [0.05, 0.1) is 11.1 Å². The predicted molar refractivity (Wildman–Crippen MR) is 69.8 cm³/mol. The molecule has 1 aromatic carbocycles. The van der Waals surface area contributed by atoms with Crippen molar-refractivity contribution in [3.05, 3.63) is 46.3 Å². The van der Waals surface area contributed by atoms with Crippen LogP contribution < -0.4 is 5.32 Å². The third kappa shape index (κ3) is 2.70. The van der Waals surface area contributed by atoms with Crippen molar-refractivity contribution in [3.8, 4) is 0 Å². The van der Waals surface area contributed by atoms with Crippen molar-refractivity contribution in [1.29, 1.82) is 0 Å². The number of benzene rings is 1. The van der Waals surface area contributed by atoms with Crippen molar-refractivity contribution < 1.29 is 4.39 Å². The smallest absolute Gasteiger partial charge is 0.146 e. The van der Waals surface area contributed by atoms with Crippen molar-refractivity contribution in [3.63, 3.8) is 0 Å². The fourth-order valence-corrected chi connectivity index (χ4v) is 2.59. The van der Waals surface area contributed by atoms with Crippen LogP contribution in [-0.4, -0.2) is 7.05 Å². The molecule has 0 amide bonds. The van der Waals surface area contributed by atoms with E-state index in [1.165, 1.54) is 18.4 Å². The highest BCUT2D eigenvalue weighted by Crippen LogP contribution is 2.32. The molecule has 92 valence electrons. The second-order valence-corrected chi connectivity index (χ2v) is 4.80. The van der Waals surface area contributed by atoms with E-state index in [-0.39, 0.29) is 16.9 Å². The lowest BCUT2D eigenvalue weighted by Gasteiger charge is -2.24. The van der Waals surface area contributed by atoms with E-state index in [0.29, 0.717) is 5.56 Å². The number of likely N-dealkylation sites (N-methyl/N-ethyl adjacent to an activating group) is 1. The third-order valence-corrected chi connectivity index (χ3v) is 3.57. The van der Waals surface area contributed by atoms with Gasteiger partial charge in [-0.15, -0.1) is 0 Å². The van der Waals surface area contributed by atoms with Gasteiger partial charge in [0.15, 0.2) is 0 Å². The van der Waals surface area contributed by atoms with Crippen LogP contribution in [0.3, 0.4) is 0 Å². The van der Waals surface area contributed by atoms with Gasteiger partial charge in [0.25, 0.3) is 0 Å². The first kappa shape index (κ1) is 12.6. The molecule has 0 aromatic heterocycles. The van der Waals surface area contributed by atoms with Gasteiger partial charge >= 0.3 is 0 Å². The Hall–Kier alpha value is -0.860. The summed E-state index contributed by atoms with van der Waals surface area (Å²) in [7, 11) is 1.86. The number of nitrogens with one attached hydrogen (secondary N) is 1. The van der Waals surface area contributed by atoms with Crippen LogP contribution in [0.4, 0.5) is 4.39 Å². The quantitative estimate of drug-likeness (QED) is 0.795. The van der Waals surface area contributed by atoms with Gasteiger partial charge in [0, 0.05) is 5.56 Å². The summed E-state index contributed by atoms with van der Waals surface area (Å²) in [6, 6.07) is 5.14. The summed E-state index contributed by atoms with van der Waals surface area (Å²) in [5.74, 6) is -0.306. The zero-order valence-electron chi connectivity index (χ0n) is 9.97. The maximum atomic E-state index is 14.0. The van der Waals surface area contributed by atoms with E-state index in [2.05, 4.69) is 11.4 Å². The molecule has 1 unspecified atom stereocenters. The normalized spacial score (nSPS) is 17.7. The molecule has 0 aliphatic heterocycles. The highest BCUT2D eigenvalue weighted by molar-refractivity contribution is 6.30. The van der Waals surface area contributed by atoms with Crippen LogP contribution in [0.5, 0.6) is 0 Å². The van der Waals surface area contributed by atoms with Gasteiger partial charge in [0.1, 0.15) is 5.82 Å². The van der Waals surface area contributed by atoms with Crippen LogP contribution in [0.15, 0.2) is 29.8 Å². The largest absolute Gasteiger partial charge is 0.310 e. The minimum absolute atomic E-state index is 0.0472. The fourth-order valence-electron chi connectivity index (χ4n) is 2.41. The molecular weight excluding hydrogens is 237 g/mol. The fraction of sp³-hybridized carbons (Fsp3) is 0.429. The minimum atomic E-state index is -0.306. The molecule has 1 N–H and O–H groups in total. The Labute approximate surface area is 107 Å². The van der Waals surface area contributed by atoms with E-state index in [0.717, 1.165) is 12.8 Å². The topological polar surface area (TPSA) is 12.0 Å². The summed E-state index contributed by atoms with van der Waals surface area (Å²) in [5.41, 5.74) is 1.92. The second-order valence-electron chi connectivity index (χ2n) is 4.39. The lowest BCUT2D eigenvalue weighted by atomic mass is 9.90. The van der Waals surface area contributed by atoms with Crippen LogP contribution in [0.25, 0.3) is 0 Å². The summed E-state index contributed by atoms with van der Waals surface area (Å²) < 4.78 is 14.0. The molecule has 1 atom stereocenters. The predicted octanol–water partition coefficient (Wildman–Crippen LogP) is 4.24. The molecule has 0 radical (unpaired) electrons. The highest BCUT2D eigenvalue weighted by atomic mass is 35.5. The van der Waals surface area contributed by atoms with Crippen LogP contribution in [0, 0.1) is 5.82 Å². The molecule has 0 saturated carbocycles. The zero-order valence-corrected chi connectivity index (χ0v) is 10.7. The van der Waals surface area contributed by atoms with Gasteiger partial charge in [-0.05, 0) is 38.8 Å². The average Bonchev–Trinajstić information content (AvgIpc) is 2.37. The Morgan fingerprint density at radius 1 is 1.35 bits per heavy atom. The van der Waals surface area contributed by atoms with Crippen molar-refractivity contribution in [2.75, 3.05) is 7.05 Å². The lowest BCUT2D eigenvalue weighted by molar-refractivity contribution is 0.547. The van der Waals surface area contributed by atoms with Crippen molar-refractivity contribution in [2.45, 2.75) is 31.7 Å². The van der Waals surface area contributed by atoms with Gasteiger partial charge in [0.2, 0.25) is 0 Å². The number of rotatable bonds is 3. The van der Waals surface area contributed by atoms with Crippen LogP contribution >= 0.6 is 11.6 Å². The Bertz CT molecular complexity index is 428. The maximum absolute atomic E-state index is 14.0. The minimum Gasteiger partial charge on any atom is -0.310 e. The van der Waals surface area contributed by atoms with Crippen molar-refractivity contribution in [1.82, 2.24) is 5.32 Å². The summed E-state index contributed by atoms with van der Waals surface area (Å²) in [5, 5.41) is 3.38. The van der Waals surface area contributed by atoms with Gasteiger partial charge in [-0.1, -0.05) is 35.4 Å². The first-order valence-electron chi connectivity index (χ1n) is 6.04. The Balaban J connectivity index is 2.34. The van der Waals surface area contributed by atoms with E-state index in [9.17, 15) is 4.39 Å². The van der Waals surface area contributed by atoms with Crippen molar-refractivity contribution in [2.24, 2.45) is 0 Å². The van der Waals surface area contributed by atoms with Crippen LogP contribution in [0.2, 0.25) is 5.02 Å². The van der Waals surface area contributed by atoms with E-state index in [1.807, 2.05) is 7.05 Å². The molecule has 0 heterocycles. The third-order valence-electron chi connectivity index (χ3n) is 3.28. The molecule has 1 aromatic rings. The number of allylic oxidation sites excluding steroid dienone is 1. The first-order chi connectivity index (χ1) is 8.24. The van der Waals surface area contributed by atoms with Gasteiger partial charge < -0.3 is 5.32 Å². The molecule has 0 fully saturated rings. The van der Waals surface area contributed by atoms with E-state index >= 15 is 0 Å². The molecule has 17 heavy (non-hydrogen) atoms. The van der Waals surface area contributed by atoms with Crippen LogP contribution in [0.1, 0.15) is 37.3 Å². The summed E-state index contributed by atoms with van der Waals surface area (Å²) in [6.07, 6.45) is 6.78. The number of hydrogen-bond acceptors (Lipinski definition) is 1. The average molecular weight is 254 g/mol. The molecule has 0 spiro atoms. The zero-order chi connectivity index (χ0) is 12.3. The van der Waals surface area contributed by atoms with Crippen molar-refractivity contribution >= 4 is 11.6 Å². The highest BCUT2D eigenvalue weighted by Gasteiger charge is 2.20. The molecule has 0 saturated heterocycles. The summed E-state index contributed by atoms with van der Waals surface area (Å²) in [4.78, 5) is 0. The number of hydrogen-bond donors (Lipinski definition) is 1. The van der Waals surface area contributed by atoms with Crippen LogP contribution in [-0.2, 0) is 0 Å². The lowest BCUT2D eigenvalue weighted by Crippen LogP contribution is -2.21. The number of halogens is 2. The Morgan fingerprint density at radius 3 is 2.82 bits per heavy atom. The summed E-state index contributed by atoms with van der Waals surface area (Å²) >= 11 is 5.83. The molecule has 2 rings (SSSR count). The van der Waals surface area contributed by atoms with Gasteiger partial charge in [-0.2, -0.15) is 0 Å². The standard InChI is InChI=1S/C14H17ClFN/c1-17-14(10-6-3-2-4-7-10)11-8-5-9-12(15)13(11)16/h5-6,8-9,14,17H,2-4,7H2,1H3. The van der Waals surface area contributed by atoms with E-state index in [1.54, 1.807) is 18.2 Å². The monoisotopic (exact) mass is 253 g/mol. The summed E-state index contributed by atoms with van der Waals surface area (Å²) in [6.45, 7) is 0. The SMILES string of the molecule is CNC(C1=CCCCC1)c1cccc(Cl)c1F. The molecular formula is C14H17ClFN. The molecule has 3 heteroatoms. The molecule has 0 bridgehead atoms. The Kier molecular flexibility index (Phi) is 4.19. The van der Waals surface area contributed by atoms with Gasteiger partial charge in [-0.25, -0.2) is 4.39 Å². The maximum Gasteiger partial charge on any atom is 0.146 e. The van der Waals surface area contributed by atoms with Gasteiger partial charge in [-0.3, -0.25) is 0 Å². The molecule has 1 aliphatic carbocycles. The Morgan fingerprint density at radius 2 is 2.18 bits per heavy atom. The van der Waals surface area contributed by atoms with E-state index in [4.69, 9.17) is 11.6 Å². The molecule has 1 aliphatic rings. The second kappa shape index (κ2) is 5.65. The molecule has 1 nitrogen and oxygen atoms in total. The van der Waals surface area contributed by atoms with E-state index < -0.39 is 0 Å². The first-order valence-corrected chi connectivity index (χ1v) is 6.42.